The van der Waals surface area contributed by atoms with Crippen LogP contribution in [0.2, 0.25) is 0 Å². The number of hydrogen-bond acceptors (Lipinski definition) is 5. The number of carbonyl (C=O) groups excluding carboxylic acids is 1. The van der Waals surface area contributed by atoms with Crippen LogP contribution in [0, 0.1) is 13.8 Å². The van der Waals surface area contributed by atoms with Gasteiger partial charge >= 0.3 is 0 Å². The van der Waals surface area contributed by atoms with Crippen molar-refractivity contribution < 1.29 is 13.2 Å². The Morgan fingerprint density at radius 1 is 1.03 bits per heavy atom. The van der Waals surface area contributed by atoms with Gasteiger partial charge in [0.1, 0.15) is 10.5 Å². The van der Waals surface area contributed by atoms with Crippen molar-refractivity contribution in [1.29, 1.82) is 0 Å². The van der Waals surface area contributed by atoms with E-state index in [1.165, 1.54) is 10.5 Å². The molecule has 4 aromatic rings. The van der Waals surface area contributed by atoms with E-state index in [2.05, 4.69) is 15.1 Å². The Balaban J connectivity index is 1.31. The van der Waals surface area contributed by atoms with Crippen molar-refractivity contribution in [2.75, 3.05) is 26.2 Å². The molecule has 176 valence electrons. The number of carbonyl (C=O) groups is 1. The first kappa shape index (κ1) is 22.3. The standard InChI is InChI=1S/C24H26N6O3S/c1-17-22(18(2)30(27-17)16-19-7-4-3-5-8-19)24(31)28-11-13-29(14-12-28)34(32,33)21-15-26-23-20(21)9-6-10-25-23/h3-10,15H,11-14,16H2,1-2H3,(H,25,26). The van der Waals surface area contributed by atoms with E-state index in [1.54, 1.807) is 23.2 Å². The van der Waals surface area contributed by atoms with Gasteiger partial charge in [-0.05, 0) is 31.5 Å². The summed E-state index contributed by atoms with van der Waals surface area (Å²) in [5.74, 6) is -0.109. The molecule has 0 atom stereocenters. The van der Waals surface area contributed by atoms with Crippen LogP contribution in [0.5, 0.6) is 0 Å². The van der Waals surface area contributed by atoms with Crippen LogP contribution in [0.1, 0.15) is 27.3 Å². The summed E-state index contributed by atoms with van der Waals surface area (Å²) in [5.41, 5.74) is 3.73. The van der Waals surface area contributed by atoms with Gasteiger partial charge in [0.05, 0.1) is 17.8 Å². The largest absolute Gasteiger partial charge is 0.345 e. The maximum atomic E-state index is 13.4. The molecule has 1 amide bonds. The lowest BCUT2D eigenvalue weighted by Gasteiger charge is -2.34. The van der Waals surface area contributed by atoms with Gasteiger partial charge in [-0.1, -0.05) is 30.3 Å². The molecule has 0 spiro atoms. The van der Waals surface area contributed by atoms with E-state index in [0.29, 0.717) is 41.9 Å². The summed E-state index contributed by atoms with van der Waals surface area (Å²) in [6, 6.07) is 13.4. The van der Waals surface area contributed by atoms with Crippen LogP contribution in [0.25, 0.3) is 11.0 Å². The molecule has 3 aromatic heterocycles. The van der Waals surface area contributed by atoms with E-state index in [1.807, 2.05) is 48.9 Å². The zero-order valence-corrected chi connectivity index (χ0v) is 19.9. The number of fused-ring (bicyclic) bond motifs is 1. The van der Waals surface area contributed by atoms with E-state index in [0.717, 1.165) is 11.3 Å². The van der Waals surface area contributed by atoms with Gasteiger partial charge in [-0.3, -0.25) is 9.48 Å². The van der Waals surface area contributed by atoms with Gasteiger partial charge in [-0.15, -0.1) is 0 Å². The van der Waals surface area contributed by atoms with E-state index in [9.17, 15) is 13.2 Å². The van der Waals surface area contributed by atoms with Crippen molar-refractivity contribution in [3.63, 3.8) is 0 Å². The maximum absolute atomic E-state index is 13.4. The molecule has 0 unspecified atom stereocenters. The number of aromatic nitrogens is 4. The van der Waals surface area contributed by atoms with Crippen molar-refractivity contribution in [3.8, 4) is 0 Å². The number of rotatable bonds is 5. The van der Waals surface area contributed by atoms with Crippen molar-refractivity contribution in [3.05, 3.63) is 77.4 Å². The number of nitrogens with one attached hydrogen (secondary N) is 1. The molecular formula is C24H26N6O3S. The summed E-state index contributed by atoms with van der Waals surface area (Å²) in [5, 5.41) is 5.16. The van der Waals surface area contributed by atoms with Crippen LogP contribution < -0.4 is 0 Å². The second-order valence-corrected chi connectivity index (χ2v) is 10.3. The summed E-state index contributed by atoms with van der Waals surface area (Å²) >= 11 is 0. The SMILES string of the molecule is Cc1nn(Cc2ccccc2)c(C)c1C(=O)N1CCN(S(=O)(=O)c2c[nH]c3ncccc23)CC1. The minimum atomic E-state index is -3.70. The number of amides is 1. The van der Waals surface area contributed by atoms with E-state index in [4.69, 9.17) is 0 Å². The predicted molar refractivity (Wildman–Crippen MR) is 128 cm³/mol. The molecule has 1 aliphatic rings. The van der Waals surface area contributed by atoms with Gasteiger partial charge in [0.25, 0.3) is 5.91 Å². The second-order valence-electron chi connectivity index (χ2n) is 8.44. The third-order valence-electron chi connectivity index (χ3n) is 6.33. The topological polar surface area (TPSA) is 104 Å². The summed E-state index contributed by atoms with van der Waals surface area (Å²) in [7, 11) is -3.70. The molecule has 1 fully saturated rings. The zero-order valence-electron chi connectivity index (χ0n) is 19.1. The molecular weight excluding hydrogens is 452 g/mol. The molecule has 5 rings (SSSR count). The van der Waals surface area contributed by atoms with Crippen LogP contribution in [0.3, 0.4) is 0 Å². The molecule has 4 heterocycles. The van der Waals surface area contributed by atoms with E-state index < -0.39 is 10.0 Å². The highest BCUT2D eigenvalue weighted by Gasteiger charge is 2.33. The van der Waals surface area contributed by atoms with Gasteiger partial charge in [-0.25, -0.2) is 13.4 Å². The van der Waals surface area contributed by atoms with Crippen molar-refractivity contribution in [1.82, 2.24) is 29.0 Å². The third kappa shape index (κ3) is 3.88. The highest BCUT2D eigenvalue weighted by atomic mass is 32.2. The molecule has 0 saturated carbocycles. The maximum Gasteiger partial charge on any atom is 0.257 e. The number of nitrogens with zero attached hydrogens (tertiary/aromatic N) is 5. The smallest absolute Gasteiger partial charge is 0.257 e. The first-order chi connectivity index (χ1) is 16.4. The van der Waals surface area contributed by atoms with Crippen LogP contribution >= 0.6 is 0 Å². The second kappa shape index (κ2) is 8.69. The molecule has 0 bridgehead atoms. The Bertz CT molecular complexity index is 1450. The van der Waals surface area contributed by atoms with Crippen molar-refractivity contribution in [2.24, 2.45) is 0 Å². The van der Waals surface area contributed by atoms with Gasteiger partial charge in [0.15, 0.2) is 0 Å². The number of piperazine rings is 1. The Morgan fingerprint density at radius 2 is 1.76 bits per heavy atom. The molecule has 1 aliphatic heterocycles. The number of aromatic amines is 1. The lowest BCUT2D eigenvalue weighted by Crippen LogP contribution is -2.50. The minimum absolute atomic E-state index is 0.109. The monoisotopic (exact) mass is 478 g/mol. The fourth-order valence-corrected chi connectivity index (χ4v) is 6.06. The first-order valence-corrected chi connectivity index (χ1v) is 12.6. The van der Waals surface area contributed by atoms with E-state index >= 15 is 0 Å². The number of aryl methyl sites for hydroxylation is 1. The number of benzene rings is 1. The molecule has 10 heteroatoms. The molecule has 1 saturated heterocycles. The third-order valence-corrected chi connectivity index (χ3v) is 8.27. The predicted octanol–water partition coefficient (Wildman–Crippen LogP) is 2.57. The van der Waals surface area contributed by atoms with Crippen molar-refractivity contribution >= 4 is 27.0 Å². The van der Waals surface area contributed by atoms with Gasteiger partial charge in [0, 0.05) is 49.7 Å². The van der Waals surface area contributed by atoms with Crippen LogP contribution in [0.15, 0.2) is 59.8 Å². The zero-order chi connectivity index (χ0) is 23.9. The molecule has 1 N–H and O–H groups in total. The highest BCUT2D eigenvalue weighted by Crippen LogP contribution is 2.26. The van der Waals surface area contributed by atoms with Crippen LogP contribution in [-0.2, 0) is 16.6 Å². The lowest BCUT2D eigenvalue weighted by molar-refractivity contribution is 0.0696. The highest BCUT2D eigenvalue weighted by molar-refractivity contribution is 7.89. The molecule has 9 nitrogen and oxygen atoms in total. The summed E-state index contributed by atoms with van der Waals surface area (Å²) in [6.07, 6.45) is 3.10. The molecule has 0 aliphatic carbocycles. The Kier molecular flexibility index (Phi) is 5.70. The van der Waals surface area contributed by atoms with Gasteiger partial charge in [0.2, 0.25) is 10.0 Å². The van der Waals surface area contributed by atoms with Crippen molar-refractivity contribution in [2.45, 2.75) is 25.3 Å². The molecule has 1 aromatic carbocycles. The van der Waals surface area contributed by atoms with Crippen LogP contribution in [0.4, 0.5) is 0 Å². The molecule has 0 radical (unpaired) electrons. The number of H-pyrrole nitrogens is 1. The average Bonchev–Trinajstić information content (AvgIpc) is 3.40. The Hall–Kier alpha value is -3.50. The number of pyridine rings is 1. The molecule has 34 heavy (non-hydrogen) atoms. The van der Waals surface area contributed by atoms with E-state index in [-0.39, 0.29) is 23.9 Å². The Labute approximate surface area is 198 Å². The summed E-state index contributed by atoms with van der Waals surface area (Å²) in [6.45, 7) is 5.44. The van der Waals surface area contributed by atoms with Gasteiger partial charge in [-0.2, -0.15) is 9.40 Å². The number of sulfonamides is 1. The van der Waals surface area contributed by atoms with Crippen LogP contribution in [-0.4, -0.2) is 69.5 Å². The average molecular weight is 479 g/mol. The summed E-state index contributed by atoms with van der Waals surface area (Å²) in [4.78, 5) is 22.4. The quantitative estimate of drug-likeness (QED) is 0.475. The fraction of sp³-hybridized carbons (Fsp3) is 0.292. The fourth-order valence-electron chi connectivity index (χ4n) is 4.49. The normalized spacial score (nSPS) is 15.2. The summed E-state index contributed by atoms with van der Waals surface area (Å²) < 4.78 is 29.8. The van der Waals surface area contributed by atoms with Gasteiger partial charge < -0.3 is 9.88 Å². The minimum Gasteiger partial charge on any atom is -0.345 e. The lowest BCUT2D eigenvalue weighted by atomic mass is 10.1. The number of hydrogen-bond donors (Lipinski definition) is 1. The Morgan fingerprint density at radius 3 is 2.50 bits per heavy atom. The first-order valence-electron chi connectivity index (χ1n) is 11.2.